The van der Waals surface area contributed by atoms with Crippen LogP contribution in [0.5, 0.6) is 0 Å². The van der Waals surface area contributed by atoms with E-state index in [9.17, 15) is 4.79 Å². The molecule has 1 heterocycles. The molecule has 0 N–H and O–H groups in total. The quantitative estimate of drug-likeness (QED) is 0.793. The van der Waals surface area contributed by atoms with Crippen molar-refractivity contribution in [2.75, 3.05) is 7.05 Å². The molecule has 0 unspecified atom stereocenters. The van der Waals surface area contributed by atoms with Gasteiger partial charge >= 0.3 is 0 Å². The Labute approximate surface area is 140 Å². The number of hydrogen-bond acceptors (Lipinski definition) is 1. The second-order valence-electron chi connectivity index (χ2n) is 5.75. The largest absolute Gasteiger partial charge is 0.333 e. The average Bonchev–Trinajstić information content (AvgIpc) is 2.80. The van der Waals surface area contributed by atoms with Gasteiger partial charge in [0.05, 0.1) is 11.1 Å². The summed E-state index contributed by atoms with van der Waals surface area (Å²) in [6.07, 6.45) is 3.15. The lowest BCUT2D eigenvalue weighted by atomic mass is 9.87. The predicted molar refractivity (Wildman–Crippen MR) is 89.6 cm³/mol. The molecule has 0 saturated heterocycles. The summed E-state index contributed by atoms with van der Waals surface area (Å²) >= 11 is 12.1. The van der Waals surface area contributed by atoms with Gasteiger partial charge in [0.1, 0.15) is 10.8 Å². The second-order valence-corrected chi connectivity index (χ2v) is 6.52. The molecule has 1 aliphatic rings. The zero-order valence-electron chi connectivity index (χ0n) is 12.6. The number of amides is 1. The maximum Gasteiger partial charge on any atom is 0.270 e. The van der Waals surface area contributed by atoms with Gasteiger partial charge in [-0.25, -0.2) is 0 Å². The van der Waals surface area contributed by atoms with Gasteiger partial charge in [0.25, 0.3) is 5.91 Å². The van der Waals surface area contributed by atoms with E-state index in [1.807, 2.05) is 13.1 Å². The average molecular weight is 337 g/mol. The standard InChI is InChI=1S/C17H18Cl2N2O/c1-20-15(10-13(18)16(20)19)17(22)21(2)14-9-5-7-11-6-3-4-8-12(11)14/h3-4,6,8,10,14H,5,7,9H2,1-2H3/t14-/m1/s1. The van der Waals surface area contributed by atoms with Crippen molar-refractivity contribution in [1.29, 1.82) is 0 Å². The molecule has 1 aromatic carbocycles. The van der Waals surface area contributed by atoms with Crippen molar-refractivity contribution in [2.24, 2.45) is 7.05 Å². The molecule has 116 valence electrons. The molecule has 3 rings (SSSR count). The molecule has 0 radical (unpaired) electrons. The lowest BCUT2D eigenvalue weighted by Crippen LogP contribution is -2.34. The van der Waals surface area contributed by atoms with Gasteiger partial charge < -0.3 is 9.47 Å². The van der Waals surface area contributed by atoms with Crippen LogP contribution in [-0.4, -0.2) is 22.4 Å². The van der Waals surface area contributed by atoms with Crippen molar-refractivity contribution >= 4 is 29.1 Å². The third kappa shape index (κ3) is 2.53. The topological polar surface area (TPSA) is 25.2 Å². The highest BCUT2D eigenvalue weighted by atomic mass is 35.5. The van der Waals surface area contributed by atoms with Crippen LogP contribution >= 0.6 is 23.2 Å². The number of fused-ring (bicyclic) bond motifs is 1. The Balaban J connectivity index is 1.93. The number of aryl methyl sites for hydroxylation is 1. The van der Waals surface area contributed by atoms with Crippen LogP contribution in [0.2, 0.25) is 10.2 Å². The number of rotatable bonds is 2. The predicted octanol–water partition coefficient (Wildman–Crippen LogP) is 4.48. The first-order valence-electron chi connectivity index (χ1n) is 7.36. The fourth-order valence-electron chi connectivity index (χ4n) is 3.20. The Hall–Kier alpha value is -1.45. The van der Waals surface area contributed by atoms with Crippen LogP contribution in [-0.2, 0) is 13.5 Å². The summed E-state index contributed by atoms with van der Waals surface area (Å²) in [6, 6.07) is 10.1. The van der Waals surface area contributed by atoms with Crippen molar-refractivity contribution in [3.8, 4) is 0 Å². The number of hydrogen-bond donors (Lipinski definition) is 0. The van der Waals surface area contributed by atoms with E-state index in [2.05, 4.69) is 18.2 Å². The minimum Gasteiger partial charge on any atom is -0.333 e. The fourth-order valence-corrected chi connectivity index (χ4v) is 3.58. The Bertz CT molecular complexity index is 723. The summed E-state index contributed by atoms with van der Waals surface area (Å²) in [5.41, 5.74) is 3.10. The number of benzene rings is 1. The minimum absolute atomic E-state index is 0.0574. The van der Waals surface area contributed by atoms with Crippen LogP contribution < -0.4 is 0 Å². The van der Waals surface area contributed by atoms with Gasteiger partial charge in [-0.3, -0.25) is 4.79 Å². The first-order chi connectivity index (χ1) is 10.5. The van der Waals surface area contributed by atoms with Crippen LogP contribution in [0.1, 0.15) is 40.5 Å². The van der Waals surface area contributed by atoms with Gasteiger partial charge in [-0.2, -0.15) is 0 Å². The summed E-state index contributed by atoms with van der Waals surface area (Å²) in [5.74, 6) is -0.0574. The first kappa shape index (κ1) is 15.4. The van der Waals surface area contributed by atoms with Crippen molar-refractivity contribution in [2.45, 2.75) is 25.3 Å². The zero-order chi connectivity index (χ0) is 15.9. The van der Waals surface area contributed by atoms with E-state index in [0.29, 0.717) is 15.9 Å². The molecule has 1 amide bonds. The van der Waals surface area contributed by atoms with Crippen molar-refractivity contribution in [1.82, 2.24) is 9.47 Å². The first-order valence-corrected chi connectivity index (χ1v) is 8.12. The lowest BCUT2D eigenvalue weighted by Gasteiger charge is -2.33. The second kappa shape index (κ2) is 5.98. The molecule has 0 bridgehead atoms. The van der Waals surface area contributed by atoms with Gasteiger partial charge in [0, 0.05) is 14.1 Å². The van der Waals surface area contributed by atoms with E-state index in [4.69, 9.17) is 23.2 Å². The highest BCUT2D eigenvalue weighted by molar-refractivity contribution is 6.41. The van der Waals surface area contributed by atoms with Gasteiger partial charge in [-0.1, -0.05) is 47.5 Å². The maximum absolute atomic E-state index is 12.8. The maximum atomic E-state index is 12.8. The molecule has 1 aromatic heterocycles. The monoisotopic (exact) mass is 336 g/mol. The van der Waals surface area contributed by atoms with E-state index in [-0.39, 0.29) is 11.9 Å². The molecule has 22 heavy (non-hydrogen) atoms. The summed E-state index contributed by atoms with van der Waals surface area (Å²) in [7, 11) is 3.61. The van der Waals surface area contributed by atoms with E-state index >= 15 is 0 Å². The van der Waals surface area contributed by atoms with Crippen LogP contribution in [0.4, 0.5) is 0 Å². The van der Waals surface area contributed by atoms with E-state index < -0.39 is 0 Å². The summed E-state index contributed by atoms with van der Waals surface area (Å²) in [6.45, 7) is 0. The molecular formula is C17H18Cl2N2O. The van der Waals surface area contributed by atoms with E-state index in [1.165, 1.54) is 11.1 Å². The smallest absolute Gasteiger partial charge is 0.270 e. The number of halogens is 2. The Morgan fingerprint density at radius 1 is 1.32 bits per heavy atom. The van der Waals surface area contributed by atoms with Gasteiger partial charge in [-0.15, -0.1) is 0 Å². The van der Waals surface area contributed by atoms with Gasteiger partial charge in [0.2, 0.25) is 0 Å². The molecular weight excluding hydrogens is 319 g/mol. The Morgan fingerprint density at radius 3 is 2.73 bits per heavy atom. The van der Waals surface area contributed by atoms with Crippen LogP contribution in [0.25, 0.3) is 0 Å². The third-order valence-electron chi connectivity index (χ3n) is 4.46. The van der Waals surface area contributed by atoms with Gasteiger partial charge in [-0.05, 0) is 36.5 Å². The van der Waals surface area contributed by atoms with Gasteiger partial charge in [0.15, 0.2) is 0 Å². The van der Waals surface area contributed by atoms with Crippen molar-refractivity contribution in [3.63, 3.8) is 0 Å². The Morgan fingerprint density at radius 2 is 2.05 bits per heavy atom. The van der Waals surface area contributed by atoms with Crippen LogP contribution in [0.15, 0.2) is 30.3 Å². The summed E-state index contributed by atoms with van der Waals surface area (Å²) < 4.78 is 1.64. The fraction of sp³-hybridized carbons (Fsp3) is 0.353. The van der Waals surface area contributed by atoms with Crippen LogP contribution in [0.3, 0.4) is 0 Å². The van der Waals surface area contributed by atoms with Crippen molar-refractivity contribution < 1.29 is 4.79 Å². The molecule has 2 aromatic rings. The highest BCUT2D eigenvalue weighted by Crippen LogP contribution is 2.35. The SMILES string of the molecule is CN(C(=O)c1cc(Cl)c(Cl)n1C)[C@@H]1CCCc2ccccc21. The molecule has 0 spiro atoms. The number of carbonyl (C=O) groups is 1. The van der Waals surface area contributed by atoms with Crippen molar-refractivity contribution in [3.05, 3.63) is 57.3 Å². The molecule has 5 heteroatoms. The highest BCUT2D eigenvalue weighted by Gasteiger charge is 2.28. The van der Waals surface area contributed by atoms with E-state index in [1.54, 1.807) is 22.6 Å². The normalized spacial score (nSPS) is 17.2. The van der Waals surface area contributed by atoms with E-state index in [0.717, 1.165) is 19.3 Å². The molecule has 0 saturated carbocycles. The number of aromatic nitrogens is 1. The molecule has 1 atom stereocenters. The van der Waals surface area contributed by atoms with Crippen LogP contribution in [0, 0.1) is 0 Å². The minimum atomic E-state index is -0.0574. The molecule has 0 fully saturated rings. The zero-order valence-corrected chi connectivity index (χ0v) is 14.2. The Kier molecular flexibility index (Phi) is 4.20. The third-order valence-corrected chi connectivity index (χ3v) is 5.30. The number of nitrogens with zero attached hydrogens (tertiary/aromatic N) is 2. The summed E-state index contributed by atoms with van der Waals surface area (Å²) in [4.78, 5) is 14.6. The molecule has 1 aliphatic carbocycles. The lowest BCUT2D eigenvalue weighted by molar-refractivity contribution is 0.0705. The summed E-state index contributed by atoms with van der Waals surface area (Å²) in [5, 5.41) is 0.799. The number of carbonyl (C=O) groups excluding carboxylic acids is 1. The molecule has 0 aliphatic heterocycles. The molecule has 3 nitrogen and oxygen atoms in total.